The highest BCUT2D eigenvalue weighted by Gasteiger charge is 2.36. The van der Waals surface area contributed by atoms with Crippen molar-refractivity contribution < 1.29 is 19.4 Å². The molecular weight excluding hydrogens is 402 g/mol. The van der Waals surface area contributed by atoms with Gasteiger partial charge in [-0.05, 0) is 48.9 Å². The van der Waals surface area contributed by atoms with Crippen LogP contribution in [0.2, 0.25) is 0 Å². The third kappa shape index (κ3) is 6.00. The maximum Gasteiger partial charge on any atom is 0.168 e. The van der Waals surface area contributed by atoms with Crippen LogP contribution in [0.15, 0.2) is 64.9 Å². The van der Waals surface area contributed by atoms with E-state index in [1.807, 2.05) is 62.4 Å². The number of aliphatic hydroxyl groups is 1. The molecule has 170 valence electrons. The topological polar surface area (TPSA) is 68.1 Å². The van der Waals surface area contributed by atoms with Crippen molar-refractivity contribution in [3.8, 4) is 11.5 Å². The lowest BCUT2D eigenvalue weighted by atomic mass is 9.73. The van der Waals surface area contributed by atoms with Crippen LogP contribution >= 0.6 is 0 Å². The number of hydrogen-bond donors (Lipinski definition) is 1. The van der Waals surface area contributed by atoms with Gasteiger partial charge in [-0.1, -0.05) is 50.2 Å². The first-order valence-corrected chi connectivity index (χ1v) is 11.2. The summed E-state index contributed by atoms with van der Waals surface area (Å²) in [6, 6.07) is 15.5. The average Bonchev–Trinajstić information content (AvgIpc) is 2.74. The van der Waals surface area contributed by atoms with Gasteiger partial charge in [0.05, 0.1) is 25.3 Å². The van der Waals surface area contributed by atoms with Crippen molar-refractivity contribution in [2.75, 3.05) is 13.2 Å². The smallest absolute Gasteiger partial charge is 0.168 e. The fourth-order valence-electron chi connectivity index (χ4n) is 4.01. The number of carbonyl (C=O) groups excluding carboxylic acids is 1. The van der Waals surface area contributed by atoms with Gasteiger partial charge in [0.1, 0.15) is 5.76 Å². The third-order valence-corrected chi connectivity index (χ3v) is 5.42. The Morgan fingerprint density at radius 1 is 0.969 bits per heavy atom. The third-order valence-electron chi connectivity index (χ3n) is 5.42. The lowest BCUT2D eigenvalue weighted by molar-refractivity contribution is -0.117. The number of allylic oxidation sites excluding steroid dienone is 2. The van der Waals surface area contributed by atoms with E-state index in [9.17, 15) is 9.90 Å². The molecule has 0 spiro atoms. The van der Waals surface area contributed by atoms with E-state index in [2.05, 4.69) is 13.8 Å². The maximum atomic E-state index is 13.0. The molecule has 1 saturated carbocycles. The summed E-state index contributed by atoms with van der Waals surface area (Å²) in [5.74, 6) is 1.31. The number of hydrogen-bond acceptors (Lipinski definition) is 5. The Morgan fingerprint density at radius 2 is 1.66 bits per heavy atom. The predicted molar refractivity (Wildman–Crippen MR) is 128 cm³/mol. The Bertz CT molecular complexity index is 1010. The largest absolute Gasteiger partial charge is 0.511 e. The van der Waals surface area contributed by atoms with Gasteiger partial charge >= 0.3 is 0 Å². The Hall–Kier alpha value is -3.08. The van der Waals surface area contributed by atoms with Crippen molar-refractivity contribution in [2.24, 2.45) is 10.4 Å². The molecule has 0 unspecified atom stereocenters. The van der Waals surface area contributed by atoms with Crippen molar-refractivity contribution in [2.45, 2.75) is 53.5 Å². The second kappa shape index (κ2) is 10.5. The molecule has 1 aliphatic carbocycles. The molecule has 1 N–H and O–H groups in total. The van der Waals surface area contributed by atoms with E-state index < -0.39 is 0 Å². The fraction of sp³-hybridized carbons (Fsp3) is 0.407. The second-order valence-electron chi connectivity index (χ2n) is 8.84. The van der Waals surface area contributed by atoms with Crippen molar-refractivity contribution in [3.05, 3.63) is 71.0 Å². The monoisotopic (exact) mass is 435 g/mol. The fourth-order valence-corrected chi connectivity index (χ4v) is 4.01. The molecule has 2 aromatic carbocycles. The Balaban J connectivity index is 1.92. The predicted octanol–water partition coefficient (Wildman–Crippen LogP) is 5.87. The van der Waals surface area contributed by atoms with Gasteiger partial charge in [0.2, 0.25) is 0 Å². The van der Waals surface area contributed by atoms with Crippen LogP contribution in [0.25, 0.3) is 0 Å². The summed E-state index contributed by atoms with van der Waals surface area (Å²) in [5.41, 5.74) is 2.79. The summed E-state index contributed by atoms with van der Waals surface area (Å²) < 4.78 is 11.3. The first-order valence-electron chi connectivity index (χ1n) is 11.2. The highest BCUT2D eigenvalue weighted by molar-refractivity contribution is 6.24. The summed E-state index contributed by atoms with van der Waals surface area (Å²) in [6.45, 7) is 9.51. The molecule has 1 fully saturated rings. The Morgan fingerprint density at radius 3 is 2.34 bits per heavy atom. The van der Waals surface area contributed by atoms with Crippen LogP contribution in [-0.2, 0) is 17.8 Å². The SMILES string of the molecule is CCOc1ccc(C/C(O)=C2/C(=O)CC(C)(C)CC2=NCc2ccccc2)cc1OCC. The molecule has 0 bridgehead atoms. The molecule has 0 atom stereocenters. The number of ether oxygens (including phenoxy) is 2. The van der Waals surface area contributed by atoms with Crippen molar-refractivity contribution >= 4 is 11.5 Å². The van der Waals surface area contributed by atoms with Crippen molar-refractivity contribution in [3.63, 3.8) is 0 Å². The molecule has 5 nitrogen and oxygen atoms in total. The number of aliphatic imine (C=N–C) groups is 1. The number of benzene rings is 2. The second-order valence-corrected chi connectivity index (χ2v) is 8.84. The molecule has 0 aliphatic heterocycles. The quantitative estimate of drug-likeness (QED) is 0.416. The molecule has 1 aliphatic rings. The first kappa shape index (κ1) is 23.6. The van der Waals surface area contributed by atoms with E-state index in [0.717, 1.165) is 11.1 Å². The molecule has 0 aromatic heterocycles. The number of Topliss-reactive ketones (excluding diaryl/α,β-unsaturated/α-hetero) is 1. The molecule has 32 heavy (non-hydrogen) atoms. The molecule has 5 heteroatoms. The summed E-state index contributed by atoms with van der Waals surface area (Å²) in [6.07, 6.45) is 1.28. The molecular formula is C27H33NO4. The Labute approximate surface area is 190 Å². The van der Waals surface area contributed by atoms with Crippen LogP contribution in [0.4, 0.5) is 0 Å². The van der Waals surface area contributed by atoms with E-state index in [0.29, 0.717) is 55.4 Å². The zero-order chi connectivity index (χ0) is 23.1. The van der Waals surface area contributed by atoms with E-state index >= 15 is 0 Å². The van der Waals surface area contributed by atoms with Gasteiger partial charge in [-0.15, -0.1) is 0 Å². The van der Waals surface area contributed by atoms with Crippen LogP contribution in [-0.4, -0.2) is 29.8 Å². The number of nitrogens with zero attached hydrogens (tertiary/aromatic N) is 1. The van der Waals surface area contributed by atoms with Gasteiger partial charge in [0.15, 0.2) is 17.3 Å². The summed E-state index contributed by atoms with van der Waals surface area (Å²) in [7, 11) is 0. The first-order chi connectivity index (χ1) is 15.3. The van der Waals surface area contributed by atoms with E-state index in [1.165, 1.54) is 0 Å². The molecule has 2 aromatic rings. The number of carbonyl (C=O) groups is 1. The van der Waals surface area contributed by atoms with E-state index in [-0.39, 0.29) is 23.4 Å². The van der Waals surface area contributed by atoms with E-state index in [4.69, 9.17) is 14.5 Å². The number of rotatable bonds is 8. The minimum atomic E-state index is -0.183. The van der Waals surface area contributed by atoms with Gasteiger partial charge in [0, 0.05) is 18.6 Å². The van der Waals surface area contributed by atoms with Crippen LogP contribution in [0, 0.1) is 5.41 Å². The van der Waals surface area contributed by atoms with Gasteiger partial charge in [-0.25, -0.2) is 0 Å². The molecule has 0 amide bonds. The highest BCUT2D eigenvalue weighted by atomic mass is 16.5. The molecule has 0 saturated heterocycles. The number of ketones is 1. The van der Waals surface area contributed by atoms with Crippen molar-refractivity contribution in [1.82, 2.24) is 0 Å². The number of aliphatic hydroxyl groups excluding tert-OH is 1. The zero-order valence-corrected chi connectivity index (χ0v) is 19.5. The highest BCUT2D eigenvalue weighted by Crippen LogP contribution is 2.36. The maximum absolute atomic E-state index is 13.0. The van der Waals surface area contributed by atoms with E-state index in [1.54, 1.807) is 0 Å². The lowest BCUT2D eigenvalue weighted by Crippen LogP contribution is -2.33. The van der Waals surface area contributed by atoms with Gasteiger partial charge in [-0.2, -0.15) is 0 Å². The lowest BCUT2D eigenvalue weighted by Gasteiger charge is -2.31. The molecule has 0 heterocycles. The van der Waals surface area contributed by atoms with Crippen molar-refractivity contribution in [1.29, 1.82) is 0 Å². The minimum absolute atomic E-state index is 0.0541. The molecule has 3 rings (SSSR count). The summed E-state index contributed by atoms with van der Waals surface area (Å²) in [4.78, 5) is 17.8. The van der Waals surface area contributed by atoms with Gasteiger partial charge < -0.3 is 14.6 Å². The van der Waals surface area contributed by atoms with Crippen LogP contribution in [0.3, 0.4) is 0 Å². The van der Waals surface area contributed by atoms with Gasteiger partial charge in [-0.3, -0.25) is 9.79 Å². The standard InChI is InChI=1S/C27H33NO4/c1-5-31-24-13-12-20(15-25(24)32-6-2)14-22(29)26-21(16-27(3,4)17-23(26)30)28-18-19-10-8-7-9-11-19/h7-13,15,29H,5-6,14,16-18H2,1-4H3/b26-22-,28-21?. The molecule has 0 radical (unpaired) electrons. The summed E-state index contributed by atoms with van der Waals surface area (Å²) in [5, 5.41) is 11.0. The Kier molecular flexibility index (Phi) is 7.73. The minimum Gasteiger partial charge on any atom is -0.511 e. The van der Waals surface area contributed by atoms with Crippen LogP contribution in [0.5, 0.6) is 11.5 Å². The zero-order valence-electron chi connectivity index (χ0n) is 19.5. The normalized spacial score (nSPS) is 18.5. The van der Waals surface area contributed by atoms with Gasteiger partial charge in [0.25, 0.3) is 0 Å². The summed E-state index contributed by atoms with van der Waals surface area (Å²) >= 11 is 0. The van der Waals surface area contributed by atoms with Crippen LogP contribution in [0.1, 0.15) is 51.7 Å². The average molecular weight is 436 g/mol. The van der Waals surface area contributed by atoms with Crippen LogP contribution < -0.4 is 9.47 Å².